The molecule has 4 rings (SSSR count). The Morgan fingerprint density at radius 2 is 2.00 bits per heavy atom. The number of rotatable bonds is 5. The van der Waals surface area contributed by atoms with Gasteiger partial charge in [-0.25, -0.2) is 0 Å². The van der Waals surface area contributed by atoms with Gasteiger partial charge in [-0.15, -0.1) is 10.2 Å². The minimum atomic E-state index is 0.276. The number of likely N-dealkylation sites (tertiary alicyclic amines) is 1. The van der Waals surface area contributed by atoms with Gasteiger partial charge in [0.2, 0.25) is 5.89 Å². The van der Waals surface area contributed by atoms with E-state index in [0.29, 0.717) is 11.8 Å². The summed E-state index contributed by atoms with van der Waals surface area (Å²) in [6, 6.07) is 11.8. The molecule has 1 saturated heterocycles. The number of hydrogen-bond acceptors (Lipinski definition) is 6. The molecule has 0 radical (unpaired) electrons. The number of para-hydroxylation sites is 1. The number of pyridine rings is 1. The van der Waals surface area contributed by atoms with Crippen molar-refractivity contribution in [1.29, 1.82) is 0 Å². The van der Waals surface area contributed by atoms with E-state index in [2.05, 4.69) is 32.2 Å². The second kappa shape index (κ2) is 7.03. The quantitative estimate of drug-likeness (QED) is 0.713. The van der Waals surface area contributed by atoms with Gasteiger partial charge in [0.25, 0.3) is 5.89 Å². The van der Waals surface area contributed by atoms with Crippen LogP contribution in [0, 0.1) is 0 Å². The Hall–Kier alpha value is -2.73. The third-order valence-electron chi connectivity index (χ3n) is 4.56. The summed E-state index contributed by atoms with van der Waals surface area (Å²) in [5.74, 6) is 2.24. The molecule has 0 N–H and O–H groups in total. The first kappa shape index (κ1) is 15.8. The fourth-order valence-corrected chi connectivity index (χ4v) is 3.25. The van der Waals surface area contributed by atoms with Crippen molar-refractivity contribution in [2.24, 2.45) is 0 Å². The van der Waals surface area contributed by atoms with Gasteiger partial charge in [0.1, 0.15) is 5.75 Å². The van der Waals surface area contributed by atoms with Crippen molar-refractivity contribution in [2.75, 3.05) is 20.2 Å². The molecule has 0 bridgehead atoms. The topological polar surface area (TPSA) is 64.3 Å². The molecule has 3 aromatic rings. The van der Waals surface area contributed by atoms with Crippen molar-refractivity contribution in [3.8, 4) is 17.2 Å². The molecule has 0 aliphatic carbocycles. The summed E-state index contributed by atoms with van der Waals surface area (Å²) < 4.78 is 11.3. The van der Waals surface area contributed by atoms with Crippen LogP contribution in [-0.4, -0.2) is 40.3 Å². The highest BCUT2D eigenvalue weighted by Crippen LogP contribution is 2.32. The van der Waals surface area contributed by atoms with Crippen molar-refractivity contribution < 1.29 is 9.15 Å². The van der Waals surface area contributed by atoms with E-state index >= 15 is 0 Å². The summed E-state index contributed by atoms with van der Waals surface area (Å²) in [5.41, 5.74) is 2.10. The largest absolute Gasteiger partial charge is 0.496 e. The molecular formula is C19H20N4O2. The molecule has 128 valence electrons. The number of hydrogen-bond donors (Lipinski definition) is 0. The fraction of sp³-hybridized carbons (Fsp3) is 0.316. The number of nitrogens with zero attached hydrogens (tertiary/aromatic N) is 4. The fourth-order valence-electron chi connectivity index (χ4n) is 3.25. The van der Waals surface area contributed by atoms with Crippen LogP contribution in [0.25, 0.3) is 11.5 Å². The van der Waals surface area contributed by atoms with Crippen LogP contribution in [-0.2, 0) is 6.54 Å². The Morgan fingerprint density at radius 1 is 1.16 bits per heavy atom. The first-order chi connectivity index (χ1) is 12.3. The summed E-state index contributed by atoms with van der Waals surface area (Å²) >= 11 is 0. The molecular weight excluding hydrogens is 316 g/mol. The van der Waals surface area contributed by atoms with Crippen molar-refractivity contribution in [1.82, 2.24) is 20.1 Å². The molecule has 1 aliphatic rings. The Morgan fingerprint density at radius 3 is 2.84 bits per heavy atom. The normalized spacial score (nSPS) is 17.7. The molecule has 3 heterocycles. The van der Waals surface area contributed by atoms with E-state index in [4.69, 9.17) is 9.15 Å². The average molecular weight is 336 g/mol. The third kappa shape index (κ3) is 3.39. The zero-order chi connectivity index (χ0) is 17.1. The van der Waals surface area contributed by atoms with E-state index in [1.807, 2.05) is 36.7 Å². The van der Waals surface area contributed by atoms with Crippen molar-refractivity contribution >= 4 is 0 Å². The Balaban J connectivity index is 1.46. The highest BCUT2D eigenvalue weighted by molar-refractivity contribution is 5.62. The lowest BCUT2D eigenvalue weighted by molar-refractivity contribution is 0.320. The lowest BCUT2D eigenvalue weighted by Crippen LogP contribution is -2.19. The molecule has 6 heteroatoms. The van der Waals surface area contributed by atoms with Gasteiger partial charge >= 0.3 is 0 Å². The zero-order valence-electron chi connectivity index (χ0n) is 14.1. The second-order valence-corrected chi connectivity index (χ2v) is 6.22. The summed E-state index contributed by atoms with van der Waals surface area (Å²) in [6.45, 7) is 2.88. The zero-order valence-corrected chi connectivity index (χ0v) is 14.1. The molecule has 6 nitrogen and oxygen atoms in total. The van der Waals surface area contributed by atoms with E-state index < -0.39 is 0 Å². The van der Waals surface area contributed by atoms with Gasteiger partial charge in [-0.1, -0.05) is 12.1 Å². The molecule has 0 saturated carbocycles. The minimum Gasteiger partial charge on any atom is -0.496 e. The molecule has 2 aromatic heterocycles. The van der Waals surface area contributed by atoms with Crippen molar-refractivity contribution in [2.45, 2.75) is 18.9 Å². The van der Waals surface area contributed by atoms with Crippen LogP contribution < -0.4 is 4.74 Å². The first-order valence-corrected chi connectivity index (χ1v) is 8.41. The van der Waals surface area contributed by atoms with E-state index in [-0.39, 0.29) is 5.92 Å². The van der Waals surface area contributed by atoms with Gasteiger partial charge < -0.3 is 9.15 Å². The van der Waals surface area contributed by atoms with Crippen LogP contribution >= 0.6 is 0 Å². The lowest BCUT2D eigenvalue weighted by Gasteiger charge is -2.14. The number of aromatic nitrogens is 3. The predicted molar refractivity (Wildman–Crippen MR) is 93.2 cm³/mol. The first-order valence-electron chi connectivity index (χ1n) is 8.41. The summed E-state index contributed by atoms with van der Waals surface area (Å²) in [7, 11) is 1.64. The highest BCUT2D eigenvalue weighted by Gasteiger charge is 2.28. The van der Waals surface area contributed by atoms with Crippen LogP contribution in [0.1, 0.15) is 23.8 Å². The molecule has 1 fully saturated rings. The average Bonchev–Trinajstić information content (AvgIpc) is 3.32. The van der Waals surface area contributed by atoms with Crippen LogP contribution in [0.4, 0.5) is 0 Å². The van der Waals surface area contributed by atoms with Crippen molar-refractivity contribution in [3.05, 3.63) is 60.2 Å². The van der Waals surface area contributed by atoms with E-state index in [9.17, 15) is 0 Å². The maximum Gasteiger partial charge on any atom is 0.251 e. The number of benzene rings is 1. The number of ether oxygens (including phenoxy) is 1. The maximum absolute atomic E-state index is 5.96. The van der Waals surface area contributed by atoms with Gasteiger partial charge in [0.05, 0.1) is 18.6 Å². The molecule has 1 aromatic carbocycles. The minimum absolute atomic E-state index is 0.276. The molecule has 1 aliphatic heterocycles. The predicted octanol–water partition coefficient (Wildman–Crippen LogP) is 3.13. The monoisotopic (exact) mass is 336 g/mol. The molecule has 25 heavy (non-hydrogen) atoms. The van der Waals surface area contributed by atoms with Crippen LogP contribution in [0.5, 0.6) is 5.75 Å². The number of methoxy groups -OCH3 is 1. The lowest BCUT2D eigenvalue weighted by atomic mass is 10.1. The summed E-state index contributed by atoms with van der Waals surface area (Å²) in [6.07, 6.45) is 4.69. The Labute approximate surface area is 146 Å². The molecule has 0 amide bonds. The smallest absolute Gasteiger partial charge is 0.251 e. The van der Waals surface area contributed by atoms with E-state index in [0.717, 1.165) is 37.4 Å². The van der Waals surface area contributed by atoms with Crippen molar-refractivity contribution in [3.63, 3.8) is 0 Å². The summed E-state index contributed by atoms with van der Waals surface area (Å²) in [4.78, 5) is 6.48. The van der Waals surface area contributed by atoms with Gasteiger partial charge in [-0.3, -0.25) is 9.88 Å². The van der Waals surface area contributed by atoms with Crippen LogP contribution in [0.15, 0.2) is 53.2 Å². The highest BCUT2D eigenvalue weighted by atomic mass is 16.5. The standard InChI is InChI=1S/C19H20N4O2/c1-24-17-5-3-2-4-16(17)19-22-21-18(25-19)15-8-11-23(13-15)12-14-6-9-20-10-7-14/h2-7,9-10,15H,8,11-13H2,1H3/t15-/m0/s1. The van der Waals surface area contributed by atoms with E-state index in [1.54, 1.807) is 7.11 Å². The summed E-state index contributed by atoms with van der Waals surface area (Å²) in [5, 5.41) is 8.51. The molecule has 0 unspecified atom stereocenters. The van der Waals surface area contributed by atoms with E-state index in [1.165, 1.54) is 5.56 Å². The molecule has 0 spiro atoms. The van der Waals surface area contributed by atoms with Crippen LogP contribution in [0.2, 0.25) is 0 Å². The van der Waals surface area contributed by atoms with Gasteiger partial charge in [-0.05, 0) is 42.8 Å². The van der Waals surface area contributed by atoms with Crippen LogP contribution in [0.3, 0.4) is 0 Å². The SMILES string of the molecule is COc1ccccc1-c1nnc([C@H]2CCN(Cc3ccncc3)C2)o1. The van der Waals surface area contributed by atoms with Gasteiger partial charge in [-0.2, -0.15) is 0 Å². The second-order valence-electron chi connectivity index (χ2n) is 6.22. The Kier molecular flexibility index (Phi) is 4.43. The Bertz CT molecular complexity index is 834. The van der Waals surface area contributed by atoms with Gasteiger partial charge in [0.15, 0.2) is 0 Å². The maximum atomic E-state index is 5.96. The molecule has 1 atom stereocenters. The van der Waals surface area contributed by atoms with Gasteiger partial charge in [0, 0.05) is 25.5 Å². The third-order valence-corrected chi connectivity index (χ3v) is 4.56.